The number of hydrogen-bond donors (Lipinski definition) is 0. The van der Waals surface area contributed by atoms with Crippen molar-refractivity contribution in [2.75, 3.05) is 0 Å². The highest BCUT2D eigenvalue weighted by atomic mass is 37.0. The minimum atomic E-state index is 1.83. The standard InChI is InChI=1S/S8/c1-2-4-6-8-7-5-3-1/i1+3,2+3,3+3,4+3,5+3,6+3,7+3,8+3. The van der Waals surface area contributed by atoms with Crippen molar-refractivity contribution in [3.8, 4) is 0 Å². The van der Waals surface area contributed by atoms with Crippen molar-refractivity contribution >= 4 is 78.6 Å². The third-order valence-corrected chi connectivity index (χ3v) is 18.0. The molecular formula is S8. The quantitative estimate of drug-likeness (QED) is 0.549. The third kappa shape index (κ3) is 4.59. The summed E-state index contributed by atoms with van der Waals surface area (Å²) in [5, 5.41) is 0. The first-order valence-corrected chi connectivity index (χ1v) is 12.0. The van der Waals surface area contributed by atoms with Crippen LogP contribution in [0.3, 0.4) is 0 Å². The molecule has 48 valence electrons. The Kier molecular flexibility index (Phi) is 7.23. The average molecular weight is 280 g/mol. The fourth-order valence-corrected chi connectivity index (χ4v) is 22.0. The van der Waals surface area contributed by atoms with Crippen LogP contribution in [0.25, 0.3) is 0 Å². The van der Waals surface area contributed by atoms with Gasteiger partial charge >= 0.3 is 0 Å². The lowest BCUT2D eigenvalue weighted by Crippen LogP contribution is -1.35. The summed E-state index contributed by atoms with van der Waals surface area (Å²) in [6.45, 7) is 0. The Bertz CT molecular complexity index is 24.0. The smallest absolute Gasteiger partial charge is 0 e. The molecule has 1 fully saturated rings. The Labute approximate surface area is 77.6 Å². The van der Waals surface area contributed by atoms with Gasteiger partial charge in [0.25, 0.3) is 0 Å². The molecule has 0 amide bonds. The molecular weight excluding hydrogens is 280 g/mol. The molecule has 0 saturated carbocycles. The molecule has 1 aliphatic rings. The van der Waals surface area contributed by atoms with E-state index in [0.29, 0.717) is 0 Å². The molecule has 8 heavy (non-hydrogen) atoms. The molecule has 1 saturated heterocycles. The first kappa shape index (κ1) is 8.89. The Morgan fingerprint density at radius 2 is 0.375 bits per heavy atom. The molecule has 0 atom stereocenters. The molecule has 0 aromatic rings. The maximum absolute atomic E-state index is 1.83. The van der Waals surface area contributed by atoms with Gasteiger partial charge in [-0.3, -0.25) is 0 Å². The van der Waals surface area contributed by atoms with E-state index in [0.717, 1.165) is 0 Å². The molecule has 0 aromatic heterocycles. The fourth-order valence-electron chi connectivity index (χ4n) is 0.0907. The number of rotatable bonds is 0. The molecule has 1 heterocycles. The monoisotopic (exact) mass is 280 g/mol. The molecule has 0 nitrogen and oxygen atoms in total. The molecule has 1 rings (SSSR count). The minimum Gasteiger partial charge on any atom is 0 e. The summed E-state index contributed by atoms with van der Waals surface area (Å²) in [6.07, 6.45) is 0. The first-order chi connectivity index (χ1) is 4.00. The van der Waals surface area contributed by atoms with Crippen molar-refractivity contribution in [3.05, 3.63) is 0 Å². The van der Waals surface area contributed by atoms with E-state index in [1.165, 1.54) is 0 Å². The van der Waals surface area contributed by atoms with Gasteiger partial charge in [-0.1, -0.05) is 0 Å². The van der Waals surface area contributed by atoms with Gasteiger partial charge in [0.05, 0.1) is 0 Å². The SMILES string of the molecule is [35S]1[35S][35S][35S][35S][35S][35S][35S]1. The van der Waals surface area contributed by atoms with E-state index >= 15 is 0 Å². The lowest BCUT2D eigenvalue weighted by atomic mass is 33.0. The van der Waals surface area contributed by atoms with Gasteiger partial charge in [-0.05, 0) is 0 Å². The van der Waals surface area contributed by atoms with E-state index in [9.17, 15) is 0 Å². The maximum Gasteiger partial charge on any atom is 0 e. The highest BCUT2D eigenvalue weighted by Crippen LogP contribution is 2.65. The summed E-state index contributed by atoms with van der Waals surface area (Å²) in [6, 6.07) is 0. The van der Waals surface area contributed by atoms with Gasteiger partial charge in [-0.15, -0.1) is 0 Å². The zero-order valence-electron chi connectivity index (χ0n) is 3.27. The minimum absolute atomic E-state index is 1.83. The zero-order chi connectivity index (χ0) is 5.66. The molecule has 0 unspecified atom stereocenters. The summed E-state index contributed by atoms with van der Waals surface area (Å²) in [4.78, 5) is 0. The summed E-state index contributed by atoms with van der Waals surface area (Å²) >= 11 is 0. The van der Waals surface area contributed by atoms with Gasteiger partial charge in [0.2, 0.25) is 0 Å². The Hall–Kier alpha value is 2.80. The topological polar surface area (TPSA) is 0 Å². The second-order valence-electron chi connectivity index (χ2n) is 0.544. The highest BCUT2D eigenvalue weighted by Gasteiger charge is 2.00. The number of hydrogen-bond acceptors (Lipinski definition) is 8. The van der Waals surface area contributed by atoms with Crippen LogP contribution >= 0.6 is 78.6 Å². The van der Waals surface area contributed by atoms with E-state index in [1.54, 1.807) is 0 Å². The normalized spacial score (nSPS) is 24.0. The van der Waals surface area contributed by atoms with Crippen molar-refractivity contribution in [1.29, 1.82) is 0 Å². The predicted molar refractivity (Wildman–Crippen MR) is 60.7 cm³/mol. The Morgan fingerprint density at radius 3 is 0.500 bits per heavy atom. The van der Waals surface area contributed by atoms with Crippen LogP contribution in [-0.4, -0.2) is 0 Å². The second-order valence-corrected chi connectivity index (χ2v) is 14.7. The summed E-state index contributed by atoms with van der Waals surface area (Å²) in [5.74, 6) is 0. The van der Waals surface area contributed by atoms with E-state index in [-0.39, 0.29) is 0 Å². The maximum atomic E-state index is 1.83. The van der Waals surface area contributed by atoms with Gasteiger partial charge in [-0.2, -0.15) is 0 Å². The molecule has 0 radical (unpaired) electrons. The lowest BCUT2D eigenvalue weighted by molar-refractivity contribution is 5.59. The molecule has 0 N–H and O–H groups in total. The van der Waals surface area contributed by atoms with Crippen molar-refractivity contribution in [1.82, 2.24) is 0 Å². The van der Waals surface area contributed by atoms with Crippen LogP contribution in [0.15, 0.2) is 0 Å². The Balaban J connectivity index is 2.00. The summed E-state index contributed by atoms with van der Waals surface area (Å²) < 4.78 is 0. The van der Waals surface area contributed by atoms with Gasteiger partial charge < -0.3 is 0 Å². The van der Waals surface area contributed by atoms with Crippen molar-refractivity contribution in [3.63, 3.8) is 0 Å². The van der Waals surface area contributed by atoms with Gasteiger partial charge in [-0.25, -0.2) is 0 Å². The average Bonchev–Trinajstić information content (AvgIpc) is 1.62. The fraction of sp³-hybridized carbons (Fsp3) is 0. The molecule has 1 aliphatic heterocycles. The van der Waals surface area contributed by atoms with Crippen LogP contribution in [0, 0.1) is 0 Å². The van der Waals surface area contributed by atoms with Crippen molar-refractivity contribution < 1.29 is 0 Å². The van der Waals surface area contributed by atoms with E-state index in [4.69, 9.17) is 0 Å². The van der Waals surface area contributed by atoms with Gasteiger partial charge in [0.1, 0.15) is 0 Å². The third-order valence-electron chi connectivity index (χ3n) is 0.222. The van der Waals surface area contributed by atoms with Crippen molar-refractivity contribution in [2.45, 2.75) is 0 Å². The van der Waals surface area contributed by atoms with Crippen molar-refractivity contribution in [2.24, 2.45) is 0 Å². The van der Waals surface area contributed by atoms with Crippen LogP contribution in [-0.2, 0) is 0 Å². The van der Waals surface area contributed by atoms with E-state index < -0.39 is 0 Å². The van der Waals surface area contributed by atoms with Gasteiger partial charge in [0, 0.05) is 78.6 Å². The molecule has 0 aromatic carbocycles. The van der Waals surface area contributed by atoms with E-state index in [2.05, 4.69) is 0 Å². The largest absolute Gasteiger partial charge is 0 e. The van der Waals surface area contributed by atoms with E-state index in [1.807, 2.05) is 78.6 Å². The van der Waals surface area contributed by atoms with Crippen LogP contribution in [0.4, 0.5) is 0 Å². The molecule has 0 spiro atoms. The molecule has 0 aliphatic carbocycles. The van der Waals surface area contributed by atoms with Crippen LogP contribution in [0.2, 0.25) is 0 Å². The first-order valence-electron chi connectivity index (χ1n) is 1.33. The highest BCUT2D eigenvalue weighted by molar-refractivity contribution is 9.60. The molecule has 0 bridgehead atoms. The summed E-state index contributed by atoms with van der Waals surface area (Å²) in [5.41, 5.74) is 0. The Morgan fingerprint density at radius 1 is 0.250 bits per heavy atom. The zero-order valence-corrected chi connectivity index (χ0v) is 9.80. The van der Waals surface area contributed by atoms with Crippen LogP contribution in [0.5, 0.6) is 0 Å². The predicted octanol–water partition coefficient (Wildman–Crippen LogP) is 5.19. The van der Waals surface area contributed by atoms with Crippen LogP contribution in [0.1, 0.15) is 0 Å². The van der Waals surface area contributed by atoms with Gasteiger partial charge in [0.15, 0.2) is 0 Å². The second kappa shape index (κ2) is 6.51. The van der Waals surface area contributed by atoms with Crippen LogP contribution < -0.4 is 0 Å². The molecule has 8 heteroatoms. The lowest BCUT2D eigenvalue weighted by Gasteiger charge is -2.00. The summed E-state index contributed by atoms with van der Waals surface area (Å²) in [7, 11) is 14.7.